The summed E-state index contributed by atoms with van der Waals surface area (Å²) in [6, 6.07) is 5.23. The summed E-state index contributed by atoms with van der Waals surface area (Å²) in [6.45, 7) is 9.59. The highest BCUT2D eigenvalue weighted by molar-refractivity contribution is 6.00. The summed E-state index contributed by atoms with van der Waals surface area (Å²) in [7, 11) is 0. The topological polar surface area (TPSA) is 46.6 Å². The van der Waals surface area contributed by atoms with E-state index in [1.807, 2.05) is 45.9 Å². The molecule has 0 bridgehead atoms. The van der Waals surface area contributed by atoms with Crippen LogP contribution in [0.25, 0.3) is 0 Å². The molecule has 4 heteroatoms. The lowest BCUT2D eigenvalue weighted by molar-refractivity contribution is -0.159. The summed E-state index contributed by atoms with van der Waals surface area (Å²) in [5, 5.41) is 0. The molecule has 108 valence electrons. The first-order valence-electron chi connectivity index (χ1n) is 6.82. The molecule has 1 aliphatic rings. The fraction of sp³-hybridized carbons (Fsp3) is 0.500. The van der Waals surface area contributed by atoms with Crippen molar-refractivity contribution in [1.82, 2.24) is 4.90 Å². The monoisotopic (exact) mass is 275 g/mol. The molecule has 1 amide bonds. The number of hydrogen-bond donors (Lipinski definition) is 0. The van der Waals surface area contributed by atoms with Gasteiger partial charge >= 0.3 is 5.97 Å². The molecule has 0 unspecified atom stereocenters. The van der Waals surface area contributed by atoms with Crippen molar-refractivity contribution < 1.29 is 14.3 Å². The summed E-state index contributed by atoms with van der Waals surface area (Å²) >= 11 is 0. The van der Waals surface area contributed by atoms with Gasteiger partial charge in [0, 0.05) is 12.1 Å². The van der Waals surface area contributed by atoms with E-state index in [1.54, 1.807) is 11.8 Å². The van der Waals surface area contributed by atoms with Crippen LogP contribution in [0.15, 0.2) is 18.2 Å². The van der Waals surface area contributed by atoms with Crippen LogP contribution >= 0.6 is 0 Å². The van der Waals surface area contributed by atoms with E-state index in [-0.39, 0.29) is 11.9 Å². The quantitative estimate of drug-likeness (QED) is 0.780. The predicted octanol–water partition coefficient (Wildman–Crippen LogP) is 2.68. The number of amides is 1. The second kappa shape index (κ2) is 4.93. The van der Waals surface area contributed by atoms with Crippen LogP contribution in [-0.2, 0) is 16.1 Å². The van der Waals surface area contributed by atoms with Crippen LogP contribution in [0.5, 0.6) is 0 Å². The maximum Gasteiger partial charge on any atom is 0.329 e. The Bertz CT molecular complexity index is 557. The van der Waals surface area contributed by atoms with Gasteiger partial charge in [-0.2, -0.15) is 0 Å². The summed E-state index contributed by atoms with van der Waals surface area (Å²) in [6.07, 6.45) is 0. The lowest BCUT2D eigenvalue weighted by atomic mass is 10.1. The Morgan fingerprint density at radius 1 is 1.35 bits per heavy atom. The fourth-order valence-corrected chi connectivity index (χ4v) is 2.26. The minimum Gasteiger partial charge on any atom is -0.458 e. The molecule has 0 radical (unpaired) electrons. The minimum atomic E-state index is -0.575. The van der Waals surface area contributed by atoms with E-state index >= 15 is 0 Å². The van der Waals surface area contributed by atoms with Crippen LogP contribution in [0.2, 0.25) is 0 Å². The van der Waals surface area contributed by atoms with Crippen molar-refractivity contribution >= 4 is 11.9 Å². The number of fused-ring (bicyclic) bond motifs is 1. The molecule has 0 fully saturated rings. The van der Waals surface area contributed by atoms with E-state index in [2.05, 4.69) is 0 Å². The highest BCUT2D eigenvalue weighted by atomic mass is 16.6. The molecule has 0 N–H and O–H groups in total. The molecule has 20 heavy (non-hydrogen) atoms. The molecular weight excluding hydrogens is 254 g/mol. The number of carbonyl (C=O) groups is 2. The Morgan fingerprint density at radius 3 is 2.60 bits per heavy atom. The standard InChI is InChI=1S/C16H21NO3/c1-10-6-7-12-9-17(14(18)13(12)8-10)11(2)15(19)20-16(3,4)5/h6-8,11H,9H2,1-5H3/t11-/m1/s1. The third kappa shape index (κ3) is 2.84. The average Bonchev–Trinajstić information content (AvgIpc) is 2.64. The Morgan fingerprint density at radius 2 is 2.00 bits per heavy atom. The SMILES string of the molecule is Cc1ccc2c(c1)C(=O)N([C@H](C)C(=O)OC(C)(C)C)C2. The van der Waals surface area contributed by atoms with E-state index in [0.717, 1.165) is 11.1 Å². The second-order valence-corrected chi connectivity index (χ2v) is 6.30. The molecule has 1 atom stereocenters. The molecule has 0 saturated heterocycles. The first-order valence-corrected chi connectivity index (χ1v) is 6.82. The number of ether oxygens (including phenoxy) is 1. The van der Waals surface area contributed by atoms with Gasteiger partial charge in [-0.1, -0.05) is 17.7 Å². The van der Waals surface area contributed by atoms with Gasteiger partial charge in [-0.05, 0) is 46.2 Å². The number of rotatable bonds is 2. The second-order valence-electron chi connectivity index (χ2n) is 6.30. The van der Waals surface area contributed by atoms with Gasteiger partial charge in [-0.3, -0.25) is 4.79 Å². The Labute approximate surface area is 119 Å². The summed E-state index contributed by atoms with van der Waals surface area (Å²) in [5.74, 6) is -0.461. The maximum atomic E-state index is 12.4. The molecule has 1 aromatic carbocycles. The lowest BCUT2D eigenvalue weighted by Gasteiger charge is -2.27. The van der Waals surface area contributed by atoms with Crippen LogP contribution < -0.4 is 0 Å². The van der Waals surface area contributed by atoms with E-state index < -0.39 is 11.6 Å². The number of hydrogen-bond acceptors (Lipinski definition) is 3. The Balaban J connectivity index is 2.17. The van der Waals surface area contributed by atoms with E-state index in [9.17, 15) is 9.59 Å². The number of benzene rings is 1. The maximum absolute atomic E-state index is 12.4. The van der Waals surface area contributed by atoms with Crippen molar-refractivity contribution in [2.24, 2.45) is 0 Å². The van der Waals surface area contributed by atoms with Crippen molar-refractivity contribution in [2.75, 3.05) is 0 Å². The highest BCUT2D eigenvalue weighted by Crippen LogP contribution is 2.26. The van der Waals surface area contributed by atoms with E-state index in [4.69, 9.17) is 4.74 Å². The van der Waals surface area contributed by atoms with Crippen molar-refractivity contribution in [3.63, 3.8) is 0 Å². The van der Waals surface area contributed by atoms with Crippen LogP contribution in [0, 0.1) is 6.92 Å². The smallest absolute Gasteiger partial charge is 0.329 e. The molecule has 1 heterocycles. The van der Waals surface area contributed by atoms with Gasteiger partial charge in [0.05, 0.1) is 0 Å². The van der Waals surface area contributed by atoms with Gasteiger partial charge in [0.2, 0.25) is 0 Å². The average molecular weight is 275 g/mol. The van der Waals surface area contributed by atoms with Crippen LogP contribution in [-0.4, -0.2) is 28.4 Å². The van der Waals surface area contributed by atoms with Gasteiger partial charge in [0.1, 0.15) is 11.6 Å². The molecule has 0 saturated carbocycles. The fourth-order valence-electron chi connectivity index (χ4n) is 2.26. The van der Waals surface area contributed by atoms with Crippen molar-refractivity contribution in [2.45, 2.75) is 52.8 Å². The van der Waals surface area contributed by atoms with Gasteiger partial charge < -0.3 is 9.64 Å². The normalized spacial score (nSPS) is 16.1. The van der Waals surface area contributed by atoms with Crippen molar-refractivity contribution in [3.05, 3.63) is 34.9 Å². The number of carbonyl (C=O) groups excluding carboxylic acids is 2. The largest absolute Gasteiger partial charge is 0.458 e. The third-order valence-electron chi connectivity index (χ3n) is 3.31. The van der Waals surface area contributed by atoms with Crippen LogP contribution in [0.1, 0.15) is 49.2 Å². The molecule has 1 aromatic rings. The molecule has 1 aliphatic heterocycles. The number of esters is 1. The predicted molar refractivity (Wildman–Crippen MR) is 76.4 cm³/mol. The minimum absolute atomic E-state index is 0.0953. The Hall–Kier alpha value is -1.84. The summed E-state index contributed by atoms with van der Waals surface area (Å²) in [5.41, 5.74) is 2.16. The first kappa shape index (κ1) is 14.6. The van der Waals surface area contributed by atoms with Gasteiger partial charge in [0.25, 0.3) is 5.91 Å². The highest BCUT2D eigenvalue weighted by Gasteiger charge is 2.35. The van der Waals surface area contributed by atoms with Crippen molar-refractivity contribution in [1.29, 1.82) is 0 Å². The summed E-state index contributed by atoms with van der Waals surface area (Å²) < 4.78 is 5.35. The molecule has 0 aliphatic carbocycles. The van der Waals surface area contributed by atoms with Crippen LogP contribution in [0.3, 0.4) is 0 Å². The summed E-state index contributed by atoms with van der Waals surface area (Å²) in [4.78, 5) is 26.0. The zero-order valence-corrected chi connectivity index (χ0v) is 12.7. The first-order chi connectivity index (χ1) is 9.19. The number of nitrogens with zero attached hydrogens (tertiary/aromatic N) is 1. The van der Waals surface area contributed by atoms with E-state index in [0.29, 0.717) is 12.1 Å². The molecule has 0 aromatic heterocycles. The van der Waals surface area contributed by atoms with Gasteiger partial charge in [0.15, 0.2) is 0 Å². The molecule has 0 spiro atoms. The van der Waals surface area contributed by atoms with Gasteiger partial charge in [-0.15, -0.1) is 0 Å². The number of aryl methyl sites for hydroxylation is 1. The zero-order valence-electron chi connectivity index (χ0n) is 12.7. The molecule has 2 rings (SSSR count). The third-order valence-corrected chi connectivity index (χ3v) is 3.31. The zero-order chi connectivity index (χ0) is 15.1. The van der Waals surface area contributed by atoms with Gasteiger partial charge in [-0.25, -0.2) is 4.79 Å². The lowest BCUT2D eigenvalue weighted by Crippen LogP contribution is -2.42. The molecular formula is C16H21NO3. The Kier molecular flexibility index (Phi) is 3.59. The molecule has 4 nitrogen and oxygen atoms in total. The van der Waals surface area contributed by atoms with Crippen LogP contribution in [0.4, 0.5) is 0 Å². The van der Waals surface area contributed by atoms with Crippen molar-refractivity contribution in [3.8, 4) is 0 Å². The van der Waals surface area contributed by atoms with E-state index in [1.165, 1.54) is 0 Å².